The second-order valence-corrected chi connectivity index (χ2v) is 8.88. The van der Waals surface area contributed by atoms with Gasteiger partial charge in [0.2, 0.25) is 11.8 Å². The van der Waals surface area contributed by atoms with Crippen LogP contribution in [0.1, 0.15) is 17.5 Å². The van der Waals surface area contributed by atoms with E-state index in [0.717, 1.165) is 10.5 Å². The topological polar surface area (TPSA) is 161 Å². The van der Waals surface area contributed by atoms with Gasteiger partial charge in [-0.05, 0) is 29.7 Å². The fraction of sp³-hybridized carbons (Fsp3) is 0.370. The Bertz CT molecular complexity index is 1150. The quantitative estimate of drug-likeness (QED) is 0.339. The molecule has 1 aliphatic heterocycles. The van der Waals surface area contributed by atoms with E-state index in [1.807, 2.05) is 30.3 Å². The monoisotopic (exact) mass is 541 g/mol. The minimum absolute atomic E-state index is 0.0560. The average Bonchev–Trinajstić information content (AvgIpc) is 3.47. The van der Waals surface area contributed by atoms with Gasteiger partial charge in [0.25, 0.3) is 0 Å². The molecule has 12 heteroatoms. The molecule has 0 spiro atoms. The number of carbonyl (C=O) groups excluding carboxylic acids is 4. The molecule has 3 rings (SSSR count). The first-order valence-electron chi connectivity index (χ1n) is 12.3. The van der Waals surface area contributed by atoms with Gasteiger partial charge in [-0.25, -0.2) is 9.59 Å². The van der Waals surface area contributed by atoms with E-state index in [2.05, 4.69) is 10.6 Å². The lowest BCUT2D eigenvalue weighted by Gasteiger charge is -2.24. The van der Waals surface area contributed by atoms with Crippen LogP contribution in [0, 0.1) is 5.92 Å². The van der Waals surface area contributed by atoms with Crippen molar-refractivity contribution in [3.63, 3.8) is 0 Å². The number of hydrogen-bond acceptors (Lipinski definition) is 8. The lowest BCUT2D eigenvalue weighted by molar-refractivity contribution is -0.149. The molecule has 0 aliphatic carbocycles. The molecule has 12 nitrogen and oxygen atoms in total. The molecular formula is C27H31N3O9. The number of benzene rings is 2. The number of nitrogens with one attached hydrogen (secondary N) is 2. The van der Waals surface area contributed by atoms with E-state index in [-0.39, 0.29) is 19.6 Å². The van der Waals surface area contributed by atoms with E-state index < -0.39 is 54.9 Å². The number of carboxylic acids is 1. The number of amides is 3. The molecule has 1 saturated heterocycles. The van der Waals surface area contributed by atoms with Crippen LogP contribution >= 0.6 is 0 Å². The summed E-state index contributed by atoms with van der Waals surface area (Å²) in [5.41, 5.74) is 1.96. The number of carboxylic acid groups (broad SMARTS) is 1. The summed E-state index contributed by atoms with van der Waals surface area (Å²) in [7, 11) is 1.18. The van der Waals surface area contributed by atoms with Gasteiger partial charge in [-0.3, -0.25) is 19.7 Å². The van der Waals surface area contributed by atoms with Gasteiger partial charge in [0, 0.05) is 18.7 Å². The van der Waals surface area contributed by atoms with E-state index in [9.17, 15) is 29.1 Å². The predicted octanol–water partition coefficient (Wildman–Crippen LogP) is 1.59. The molecule has 2 atom stereocenters. The van der Waals surface area contributed by atoms with Crippen molar-refractivity contribution in [3.8, 4) is 0 Å². The number of rotatable bonds is 12. The van der Waals surface area contributed by atoms with Crippen molar-refractivity contribution in [3.05, 3.63) is 65.7 Å². The number of ether oxygens (including phenoxy) is 3. The highest BCUT2D eigenvalue weighted by molar-refractivity contribution is 5.91. The molecule has 0 bridgehead atoms. The Morgan fingerprint density at radius 1 is 1.03 bits per heavy atom. The highest BCUT2D eigenvalue weighted by Crippen LogP contribution is 2.16. The van der Waals surface area contributed by atoms with Gasteiger partial charge in [0.15, 0.2) is 0 Å². The average molecular weight is 542 g/mol. The number of nitrogens with zero attached hydrogens (tertiary/aromatic N) is 1. The van der Waals surface area contributed by atoms with Crippen LogP contribution in [-0.4, -0.2) is 79.3 Å². The lowest BCUT2D eigenvalue weighted by Crippen LogP contribution is -2.50. The SMILES string of the molecule is COC(=O)[C@H](Cc1ccc(NC(=O)OCc2ccccc2)cc1)NC(=O)CN(CC(=O)O)C(=O)C1CCOC1. The maximum atomic E-state index is 12.7. The Labute approximate surface area is 225 Å². The molecule has 39 heavy (non-hydrogen) atoms. The molecule has 3 N–H and O–H groups in total. The normalized spacial score (nSPS) is 15.1. The van der Waals surface area contributed by atoms with Crippen LogP contribution in [-0.2, 0) is 46.4 Å². The van der Waals surface area contributed by atoms with Crippen molar-refractivity contribution in [2.45, 2.75) is 25.5 Å². The standard InChI is InChI=1S/C27H31N3O9/c1-37-26(35)22(29-23(31)14-30(15-24(32)33)25(34)20-11-12-38-17-20)13-18-7-9-21(10-8-18)28-27(36)39-16-19-5-3-2-4-6-19/h2-10,20,22H,11-17H2,1H3,(H,28,36)(H,29,31)(H,32,33)/t20?,22-/m0/s1. The zero-order chi connectivity index (χ0) is 28.2. The third-order valence-electron chi connectivity index (χ3n) is 5.93. The maximum Gasteiger partial charge on any atom is 0.411 e. The van der Waals surface area contributed by atoms with E-state index in [4.69, 9.17) is 14.2 Å². The number of anilines is 1. The largest absolute Gasteiger partial charge is 0.480 e. The second kappa shape index (κ2) is 14.5. The summed E-state index contributed by atoms with van der Waals surface area (Å²) in [6, 6.07) is 14.7. The van der Waals surface area contributed by atoms with Crippen LogP contribution in [0.2, 0.25) is 0 Å². The molecular weight excluding hydrogens is 510 g/mol. The number of methoxy groups -OCH3 is 1. The Kier molecular flexibility index (Phi) is 10.8. The van der Waals surface area contributed by atoms with Crippen molar-refractivity contribution >= 4 is 35.5 Å². The van der Waals surface area contributed by atoms with E-state index in [1.54, 1.807) is 24.3 Å². The van der Waals surface area contributed by atoms with Crippen molar-refractivity contribution in [2.75, 3.05) is 38.7 Å². The third-order valence-corrected chi connectivity index (χ3v) is 5.93. The molecule has 2 aromatic rings. The summed E-state index contributed by atoms with van der Waals surface area (Å²) in [6.07, 6.45) is -0.131. The van der Waals surface area contributed by atoms with Gasteiger partial charge in [-0.15, -0.1) is 0 Å². The maximum absolute atomic E-state index is 12.7. The molecule has 1 fully saturated rings. The van der Waals surface area contributed by atoms with Crippen molar-refractivity contribution < 1.29 is 43.3 Å². The first kappa shape index (κ1) is 29.1. The smallest absolute Gasteiger partial charge is 0.411 e. The minimum Gasteiger partial charge on any atom is -0.480 e. The van der Waals surface area contributed by atoms with Crippen LogP contribution in [0.5, 0.6) is 0 Å². The van der Waals surface area contributed by atoms with E-state index in [0.29, 0.717) is 24.3 Å². The van der Waals surface area contributed by atoms with E-state index >= 15 is 0 Å². The number of carbonyl (C=O) groups is 5. The minimum atomic E-state index is -1.27. The zero-order valence-electron chi connectivity index (χ0n) is 21.5. The van der Waals surface area contributed by atoms with Crippen LogP contribution in [0.25, 0.3) is 0 Å². The number of esters is 1. The summed E-state index contributed by atoms with van der Waals surface area (Å²) in [5, 5.41) is 14.3. The van der Waals surface area contributed by atoms with Crippen LogP contribution in [0.3, 0.4) is 0 Å². The highest BCUT2D eigenvalue weighted by Gasteiger charge is 2.31. The van der Waals surface area contributed by atoms with Crippen molar-refractivity contribution in [2.24, 2.45) is 5.92 Å². The van der Waals surface area contributed by atoms with Gasteiger partial charge in [-0.1, -0.05) is 42.5 Å². The van der Waals surface area contributed by atoms with E-state index in [1.165, 1.54) is 7.11 Å². The van der Waals surface area contributed by atoms with Crippen LogP contribution in [0.4, 0.5) is 10.5 Å². The molecule has 1 unspecified atom stereocenters. The number of aliphatic carboxylic acids is 1. The fourth-order valence-corrected chi connectivity index (χ4v) is 3.95. The Morgan fingerprint density at radius 2 is 1.74 bits per heavy atom. The van der Waals surface area contributed by atoms with Crippen molar-refractivity contribution in [1.82, 2.24) is 10.2 Å². The summed E-state index contributed by atoms with van der Waals surface area (Å²) in [5.74, 6) is -3.70. The molecule has 0 radical (unpaired) electrons. The third kappa shape index (κ3) is 9.42. The second-order valence-electron chi connectivity index (χ2n) is 8.88. The summed E-state index contributed by atoms with van der Waals surface area (Å²) in [4.78, 5) is 62.0. The molecule has 2 aromatic carbocycles. The molecule has 3 amide bonds. The Morgan fingerprint density at radius 3 is 2.36 bits per heavy atom. The Balaban J connectivity index is 1.56. The summed E-state index contributed by atoms with van der Waals surface area (Å²) in [6.45, 7) is -0.528. The van der Waals surface area contributed by atoms with Gasteiger partial charge in [0.05, 0.1) is 19.6 Å². The van der Waals surface area contributed by atoms with Crippen LogP contribution < -0.4 is 10.6 Å². The summed E-state index contributed by atoms with van der Waals surface area (Å²) >= 11 is 0. The molecule has 1 heterocycles. The van der Waals surface area contributed by atoms with Gasteiger partial charge >= 0.3 is 18.0 Å². The first-order chi connectivity index (χ1) is 18.7. The van der Waals surface area contributed by atoms with Gasteiger partial charge < -0.3 is 29.5 Å². The first-order valence-corrected chi connectivity index (χ1v) is 12.3. The summed E-state index contributed by atoms with van der Waals surface area (Å²) < 4.78 is 15.2. The number of hydrogen-bond donors (Lipinski definition) is 3. The van der Waals surface area contributed by atoms with Crippen LogP contribution in [0.15, 0.2) is 54.6 Å². The molecule has 208 valence electrons. The predicted molar refractivity (Wildman–Crippen MR) is 137 cm³/mol. The fourth-order valence-electron chi connectivity index (χ4n) is 3.95. The zero-order valence-corrected chi connectivity index (χ0v) is 21.5. The lowest BCUT2D eigenvalue weighted by atomic mass is 10.1. The molecule has 0 saturated carbocycles. The highest BCUT2D eigenvalue weighted by atomic mass is 16.5. The van der Waals surface area contributed by atoms with Gasteiger partial charge in [0.1, 0.15) is 25.7 Å². The van der Waals surface area contributed by atoms with Crippen molar-refractivity contribution in [1.29, 1.82) is 0 Å². The van der Waals surface area contributed by atoms with Gasteiger partial charge in [-0.2, -0.15) is 0 Å². The molecule has 0 aromatic heterocycles. The Hall–Kier alpha value is -4.45. The molecule has 1 aliphatic rings.